The number of rotatable bonds is 17. The number of carbonyl (C=O) groups is 2. The van der Waals surface area contributed by atoms with Crippen LogP contribution in [0.15, 0.2) is 121 Å². The number of aliphatic hydroxyl groups excluding tert-OH is 1. The molecule has 2 aliphatic rings. The Balaban J connectivity index is 0.925. The maximum absolute atomic E-state index is 12.7. The third-order valence-corrected chi connectivity index (χ3v) is 12.1. The second-order valence-corrected chi connectivity index (χ2v) is 16.8. The van der Waals surface area contributed by atoms with Gasteiger partial charge in [0.25, 0.3) is 0 Å². The molecule has 3 atom stereocenters. The standard InChI is InChI=1S/C50H57ClN4O6/c51-42-23-21-41(22-24-42)50(59)25-27-55(28-26-50)33-43-31-46(37-19-17-35(34-56)18-20-37)61-49(60-43)40-12-8-11-39(30-40)38-10-7-9-36(29-38)32-53-47(57)15-3-1-2-4-16-48(58)54-45-14-6-5-13-44(45)52/h5-14,17-24,29-30,43,46,49,56,59H,1-4,15-16,25-28,31-34,52H2,(H,53,57)(H,54,58). The van der Waals surface area contributed by atoms with Gasteiger partial charge in [-0.15, -0.1) is 0 Å². The monoisotopic (exact) mass is 844 g/mol. The number of likely N-dealkylation sites (tertiary alicyclic amines) is 1. The van der Waals surface area contributed by atoms with Crippen LogP contribution in [0.3, 0.4) is 0 Å². The number of benzene rings is 5. The Bertz CT molecular complexity index is 2210. The Morgan fingerprint density at radius 1 is 0.754 bits per heavy atom. The smallest absolute Gasteiger partial charge is 0.224 e. The molecule has 2 aliphatic heterocycles. The molecule has 11 heteroatoms. The summed E-state index contributed by atoms with van der Waals surface area (Å²) in [5.41, 5.74) is 12.9. The minimum Gasteiger partial charge on any atom is -0.397 e. The Hall–Kier alpha value is -5.07. The van der Waals surface area contributed by atoms with E-state index in [-0.39, 0.29) is 30.6 Å². The summed E-state index contributed by atoms with van der Waals surface area (Å²) in [6, 6.07) is 39.1. The van der Waals surface area contributed by atoms with Gasteiger partial charge in [-0.3, -0.25) is 9.59 Å². The summed E-state index contributed by atoms with van der Waals surface area (Å²) in [6.45, 7) is 2.59. The summed E-state index contributed by atoms with van der Waals surface area (Å²) < 4.78 is 13.4. The molecule has 10 nitrogen and oxygen atoms in total. The SMILES string of the molecule is Nc1ccccc1NC(=O)CCCCCCC(=O)NCc1cccc(-c2cccc(C3OC(CN4CCC(O)(c5ccc(Cl)cc5)CC4)CC(c4ccc(CO)cc4)O3)c2)c1. The molecule has 0 bridgehead atoms. The Morgan fingerprint density at radius 2 is 1.44 bits per heavy atom. The zero-order valence-corrected chi connectivity index (χ0v) is 35.4. The highest BCUT2D eigenvalue weighted by molar-refractivity contribution is 6.30. The van der Waals surface area contributed by atoms with Crippen molar-refractivity contribution >= 4 is 34.8 Å². The number of amides is 2. The van der Waals surface area contributed by atoms with Crippen molar-refractivity contribution in [3.63, 3.8) is 0 Å². The highest BCUT2D eigenvalue weighted by atomic mass is 35.5. The lowest BCUT2D eigenvalue weighted by atomic mass is 9.84. The molecule has 320 valence electrons. The first-order chi connectivity index (χ1) is 29.6. The van der Waals surface area contributed by atoms with Crippen molar-refractivity contribution in [1.82, 2.24) is 10.2 Å². The topological polar surface area (TPSA) is 146 Å². The molecule has 0 saturated carbocycles. The number of hydrogen-bond donors (Lipinski definition) is 5. The maximum Gasteiger partial charge on any atom is 0.224 e. The first-order valence-corrected chi connectivity index (χ1v) is 21.8. The van der Waals surface area contributed by atoms with Crippen LogP contribution in [0.5, 0.6) is 0 Å². The highest BCUT2D eigenvalue weighted by Crippen LogP contribution is 2.40. The fraction of sp³-hybridized carbons (Fsp3) is 0.360. The number of nitrogens with two attached hydrogens (primary N) is 1. The number of nitrogens with zero attached hydrogens (tertiary/aromatic N) is 1. The van der Waals surface area contributed by atoms with Gasteiger partial charge >= 0.3 is 0 Å². The fourth-order valence-electron chi connectivity index (χ4n) is 8.24. The average Bonchev–Trinajstić information content (AvgIpc) is 3.28. The van der Waals surface area contributed by atoms with Gasteiger partial charge in [0.05, 0.1) is 35.8 Å². The number of para-hydroxylation sites is 2. The number of carbonyl (C=O) groups excluding carboxylic acids is 2. The summed E-state index contributed by atoms with van der Waals surface area (Å²) in [4.78, 5) is 27.4. The van der Waals surface area contributed by atoms with Crippen LogP contribution in [0, 0.1) is 0 Å². The van der Waals surface area contributed by atoms with Crippen LogP contribution >= 0.6 is 11.6 Å². The van der Waals surface area contributed by atoms with E-state index in [2.05, 4.69) is 39.8 Å². The van der Waals surface area contributed by atoms with Crippen molar-refractivity contribution in [2.45, 2.75) is 95.0 Å². The molecule has 7 rings (SSSR count). The summed E-state index contributed by atoms with van der Waals surface area (Å²) >= 11 is 6.12. The summed E-state index contributed by atoms with van der Waals surface area (Å²) in [7, 11) is 0. The maximum atomic E-state index is 12.7. The Morgan fingerprint density at radius 3 is 2.16 bits per heavy atom. The molecule has 2 amide bonds. The molecule has 0 aliphatic carbocycles. The number of aliphatic hydroxyl groups is 2. The number of piperidine rings is 1. The van der Waals surface area contributed by atoms with Gasteiger partial charge in [-0.25, -0.2) is 0 Å². The summed E-state index contributed by atoms with van der Waals surface area (Å²) in [6.07, 6.45) is 5.09. The molecular weight excluding hydrogens is 788 g/mol. The van der Waals surface area contributed by atoms with Gasteiger partial charge < -0.3 is 41.0 Å². The second-order valence-electron chi connectivity index (χ2n) is 16.3. The van der Waals surface area contributed by atoms with E-state index in [1.165, 1.54) is 0 Å². The largest absolute Gasteiger partial charge is 0.397 e. The summed E-state index contributed by atoms with van der Waals surface area (Å²) in [5, 5.41) is 27.8. The van der Waals surface area contributed by atoms with Crippen LogP contribution in [0.1, 0.15) is 98.0 Å². The van der Waals surface area contributed by atoms with Gasteiger partial charge in [0.15, 0.2) is 6.29 Å². The molecule has 2 fully saturated rings. The average molecular weight is 845 g/mol. The van der Waals surface area contributed by atoms with E-state index in [1.807, 2.05) is 84.9 Å². The van der Waals surface area contributed by atoms with Crippen molar-refractivity contribution in [3.8, 4) is 11.1 Å². The van der Waals surface area contributed by atoms with E-state index >= 15 is 0 Å². The number of ether oxygens (including phenoxy) is 2. The van der Waals surface area contributed by atoms with E-state index in [1.54, 1.807) is 12.1 Å². The number of nitrogens with one attached hydrogen (secondary N) is 2. The van der Waals surface area contributed by atoms with E-state index in [4.69, 9.17) is 26.8 Å². The second kappa shape index (κ2) is 21.1. The lowest BCUT2D eigenvalue weighted by Gasteiger charge is -2.42. The first-order valence-electron chi connectivity index (χ1n) is 21.5. The van der Waals surface area contributed by atoms with Crippen LogP contribution in [0.2, 0.25) is 5.02 Å². The van der Waals surface area contributed by atoms with E-state index in [0.717, 1.165) is 77.7 Å². The number of unbranched alkanes of at least 4 members (excludes halogenated alkanes) is 3. The molecule has 6 N–H and O–H groups in total. The van der Waals surface area contributed by atoms with Crippen molar-refractivity contribution < 1.29 is 29.3 Å². The number of halogens is 1. The minimum absolute atomic E-state index is 0.00759. The third kappa shape index (κ3) is 12.3. The van der Waals surface area contributed by atoms with Gasteiger partial charge in [0.1, 0.15) is 0 Å². The number of hydrogen-bond acceptors (Lipinski definition) is 8. The zero-order chi connectivity index (χ0) is 42.6. The lowest BCUT2D eigenvalue weighted by molar-refractivity contribution is -0.253. The van der Waals surface area contributed by atoms with E-state index in [9.17, 15) is 19.8 Å². The van der Waals surface area contributed by atoms with Crippen LogP contribution < -0.4 is 16.4 Å². The molecule has 3 unspecified atom stereocenters. The minimum atomic E-state index is -0.886. The highest BCUT2D eigenvalue weighted by Gasteiger charge is 2.37. The molecular formula is C50H57ClN4O6. The quantitative estimate of drug-likeness (QED) is 0.0460. The summed E-state index contributed by atoms with van der Waals surface area (Å²) in [5.74, 6) is -0.0479. The number of nitrogen functional groups attached to an aromatic ring is 1. The molecule has 5 aromatic carbocycles. The zero-order valence-electron chi connectivity index (χ0n) is 34.6. The molecule has 0 radical (unpaired) electrons. The molecule has 2 saturated heterocycles. The third-order valence-electron chi connectivity index (χ3n) is 11.8. The van der Waals surface area contributed by atoms with Crippen LogP contribution in [-0.4, -0.2) is 52.7 Å². The Labute approximate surface area is 364 Å². The van der Waals surface area contributed by atoms with Crippen LogP contribution in [0.4, 0.5) is 11.4 Å². The van der Waals surface area contributed by atoms with Gasteiger partial charge in [0.2, 0.25) is 11.8 Å². The van der Waals surface area contributed by atoms with Crippen LogP contribution in [0.25, 0.3) is 11.1 Å². The van der Waals surface area contributed by atoms with Crippen molar-refractivity contribution in [1.29, 1.82) is 0 Å². The molecule has 5 aromatic rings. The molecule has 61 heavy (non-hydrogen) atoms. The molecule has 0 spiro atoms. The fourth-order valence-corrected chi connectivity index (χ4v) is 8.36. The van der Waals surface area contributed by atoms with E-state index < -0.39 is 11.9 Å². The van der Waals surface area contributed by atoms with Gasteiger partial charge in [0, 0.05) is 56.0 Å². The number of anilines is 2. The van der Waals surface area contributed by atoms with Crippen molar-refractivity contribution in [3.05, 3.63) is 154 Å². The van der Waals surface area contributed by atoms with Crippen LogP contribution in [-0.2, 0) is 37.8 Å². The molecule has 0 aromatic heterocycles. The van der Waals surface area contributed by atoms with Crippen molar-refractivity contribution in [2.75, 3.05) is 30.7 Å². The first kappa shape index (κ1) is 44.0. The lowest BCUT2D eigenvalue weighted by Crippen LogP contribution is -2.46. The van der Waals surface area contributed by atoms with Gasteiger partial charge in [-0.1, -0.05) is 109 Å². The predicted octanol–water partition coefficient (Wildman–Crippen LogP) is 9.21. The van der Waals surface area contributed by atoms with E-state index in [0.29, 0.717) is 61.6 Å². The normalized spacial score (nSPS) is 19.0. The van der Waals surface area contributed by atoms with Crippen molar-refractivity contribution in [2.24, 2.45) is 0 Å². The predicted molar refractivity (Wildman–Crippen MR) is 240 cm³/mol. The Kier molecular flexibility index (Phi) is 15.2. The molecule has 2 heterocycles. The van der Waals surface area contributed by atoms with Gasteiger partial charge in [-0.2, -0.15) is 0 Å². The van der Waals surface area contributed by atoms with Gasteiger partial charge in [-0.05, 0) is 95.5 Å².